The number of nitrogens with zero attached hydrogens (tertiary/aromatic N) is 1. The quantitative estimate of drug-likeness (QED) is 0.706. The van der Waals surface area contributed by atoms with Gasteiger partial charge in [-0.1, -0.05) is 15.9 Å². The van der Waals surface area contributed by atoms with Gasteiger partial charge in [-0.25, -0.2) is 0 Å². The summed E-state index contributed by atoms with van der Waals surface area (Å²) in [5.74, 6) is 0. The second-order valence-electron chi connectivity index (χ2n) is 4.35. The topological polar surface area (TPSA) is 47.7 Å². The third-order valence-electron chi connectivity index (χ3n) is 2.89. The van der Waals surface area contributed by atoms with Crippen molar-refractivity contribution in [2.24, 2.45) is 5.73 Å². The van der Waals surface area contributed by atoms with Gasteiger partial charge < -0.3 is 20.1 Å². The number of benzene rings is 1. The molecule has 0 saturated carbocycles. The Morgan fingerprint density at radius 2 is 1.84 bits per heavy atom. The molecular weight excluding hydrogens is 308 g/mol. The molecule has 0 fully saturated rings. The van der Waals surface area contributed by atoms with Gasteiger partial charge in [-0.05, 0) is 30.2 Å². The maximum atomic E-state index is 5.73. The molecule has 0 atom stereocenters. The third kappa shape index (κ3) is 5.91. The summed E-state index contributed by atoms with van der Waals surface area (Å²) in [7, 11) is 3.45. The molecule has 0 aliphatic carbocycles. The maximum absolute atomic E-state index is 5.73. The van der Waals surface area contributed by atoms with Crippen LogP contribution in [0.1, 0.15) is 12.0 Å². The van der Waals surface area contributed by atoms with Crippen LogP contribution in [0.4, 0.5) is 5.69 Å². The van der Waals surface area contributed by atoms with Gasteiger partial charge in [0.25, 0.3) is 0 Å². The fraction of sp³-hybridized carbons (Fsp3) is 0.571. The van der Waals surface area contributed by atoms with Gasteiger partial charge >= 0.3 is 0 Å². The first kappa shape index (κ1) is 16.4. The first-order valence-electron chi connectivity index (χ1n) is 6.43. The van der Waals surface area contributed by atoms with Crippen LogP contribution in [-0.2, 0) is 16.0 Å². The Hall–Kier alpha value is -0.620. The van der Waals surface area contributed by atoms with Gasteiger partial charge in [0.15, 0.2) is 0 Å². The second kappa shape index (κ2) is 9.31. The average molecular weight is 331 g/mol. The van der Waals surface area contributed by atoms with Crippen molar-refractivity contribution in [1.82, 2.24) is 0 Å². The van der Waals surface area contributed by atoms with Crippen molar-refractivity contribution < 1.29 is 9.47 Å². The predicted octanol–water partition coefficient (Wildman–Crippen LogP) is 2.40. The normalized spacial score (nSPS) is 10.7. The van der Waals surface area contributed by atoms with Crippen LogP contribution in [0.25, 0.3) is 0 Å². The predicted molar refractivity (Wildman–Crippen MR) is 82.6 cm³/mol. The summed E-state index contributed by atoms with van der Waals surface area (Å²) in [6, 6.07) is 6.29. The molecule has 5 heteroatoms. The van der Waals surface area contributed by atoms with Gasteiger partial charge in [-0.2, -0.15) is 0 Å². The summed E-state index contributed by atoms with van der Waals surface area (Å²) < 4.78 is 11.3. The fourth-order valence-electron chi connectivity index (χ4n) is 1.90. The molecule has 1 aromatic rings. The minimum atomic E-state index is 0.544. The molecule has 1 rings (SSSR count). The zero-order chi connectivity index (χ0) is 14.1. The highest BCUT2D eigenvalue weighted by atomic mass is 79.9. The highest BCUT2D eigenvalue weighted by Gasteiger charge is 2.08. The molecule has 1 aromatic carbocycles. The summed E-state index contributed by atoms with van der Waals surface area (Å²) in [6.07, 6.45) is 0.991. The lowest BCUT2D eigenvalue weighted by atomic mass is 10.2. The Morgan fingerprint density at radius 3 is 2.47 bits per heavy atom. The maximum Gasteiger partial charge on any atom is 0.0637 e. The van der Waals surface area contributed by atoms with E-state index in [2.05, 4.69) is 33.0 Å². The number of rotatable bonds is 9. The third-order valence-corrected chi connectivity index (χ3v) is 3.34. The molecule has 0 radical (unpaired) electrons. The van der Waals surface area contributed by atoms with Crippen molar-refractivity contribution in [3.63, 3.8) is 0 Å². The van der Waals surface area contributed by atoms with E-state index in [4.69, 9.17) is 15.2 Å². The molecule has 0 aromatic heterocycles. The van der Waals surface area contributed by atoms with Crippen molar-refractivity contribution in [1.29, 1.82) is 0 Å². The first-order valence-corrected chi connectivity index (χ1v) is 7.23. The van der Waals surface area contributed by atoms with Gasteiger partial charge in [-0.15, -0.1) is 0 Å². The van der Waals surface area contributed by atoms with Crippen LogP contribution in [-0.4, -0.2) is 40.5 Å². The zero-order valence-corrected chi connectivity index (χ0v) is 13.3. The van der Waals surface area contributed by atoms with Crippen LogP contribution in [0.15, 0.2) is 22.7 Å². The van der Waals surface area contributed by atoms with E-state index in [-0.39, 0.29) is 0 Å². The Balaban J connectivity index is 2.79. The van der Waals surface area contributed by atoms with Crippen molar-refractivity contribution in [2.75, 3.05) is 45.4 Å². The summed E-state index contributed by atoms with van der Waals surface area (Å²) in [5, 5.41) is 0. The molecular formula is C14H23BrN2O2. The van der Waals surface area contributed by atoms with Crippen LogP contribution in [0.2, 0.25) is 0 Å². The summed E-state index contributed by atoms with van der Waals surface area (Å²) in [5.41, 5.74) is 8.02. The summed E-state index contributed by atoms with van der Waals surface area (Å²) in [6.45, 7) is 3.82. The van der Waals surface area contributed by atoms with E-state index >= 15 is 0 Å². The molecule has 0 aliphatic rings. The van der Waals surface area contributed by atoms with Crippen molar-refractivity contribution in [3.05, 3.63) is 28.2 Å². The largest absolute Gasteiger partial charge is 0.385 e. The highest BCUT2D eigenvalue weighted by Crippen LogP contribution is 2.23. The minimum absolute atomic E-state index is 0.544. The number of methoxy groups -OCH3 is 2. The number of halogens is 1. The molecule has 0 heterocycles. The molecule has 108 valence electrons. The van der Waals surface area contributed by atoms with Crippen molar-refractivity contribution >= 4 is 21.6 Å². The second-order valence-corrected chi connectivity index (χ2v) is 5.26. The van der Waals surface area contributed by atoms with Crippen molar-refractivity contribution in [3.8, 4) is 0 Å². The van der Waals surface area contributed by atoms with Crippen LogP contribution >= 0.6 is 15.9 Å². The number of hydrogen-bond donors (Lipinski definition) is 1. The lowest BCUT2D eigenvalue weighted by Gasteiger charge is -2.25. The molecule has 2 N–H and O–H groups in total. The zero-order valence-electron chi connectivity index (χ0n) is 11.7. The van der Waals surface area contributed by atoms with E-state index < -0.39 is 0 Å². The Morgan fingerprint density at radius 1 is 1.11 bits per heavy atom. The van der Waals surface area contributed by atoms with E-state index in [0.29, 0.717) is 13.2 Å². The molecule has 0 bridgehead atoms. The van der Waals surface area contributed by atoms with Crippen LogP contribution in [0.3, 0.4) is 0 Å². The standard InChI is InChI=1S/C14H23BrN2O2/c1-18-6-3-4-17(5-7-19-2)14-9-12(11-16)8-13(15)10-14/h8-10H,3-7,11,16H2,1-2H3. The molecule has 0 amide bonds. The number of nitrogens with two attached hydrogens (primary N) is 1. The van der Waals surface area contributed by atoms with Crippen LogP contribution in [0.5, 0.6) is 0 Å². The Labute approximate surface area is 124 Å². The number of anilines is 1. The lowest BCUT2D eigenvalue weighted by molar-refractivity contribution is 0.191. The van der Waals surface area contributed by atoms with E-state index in [0.717, 1.165) is 36.2 Å². The number of ether oxygens (including phenoxy) is 2. The van der Waals surface area contributed by atoms with Gasteiger partial charge in [0, 0.05) is 50.6 Å². The van der Waals surface area contributed by atoms with Gasteiger partial charge in [0.2, 0.25) is 0 Å². The van der Waals surface area contributed by atoms with E-state index in [1.54, 1.807) is 14.2 Å². The molecule has 4 nitrogen and oxygen atoms in total. The van der Waals surface area contributed by atoms with Gasteiger partial charge in [0.05, 0.1) is 6.61 Å². The lowest BCUT2D eigenvalue weighted by Crippen LogP contribution is -2.29. The minimum Gasteiger partial charge on any atom is -0.385 e. The summed E-state index contributed by atoms with van der Waals surface area (Å²) in [4.78, 5) is 2.30. The average Bonchev–Trinajstić information content (AvgIpc) is 2.42. The Kier molecular flexibility index (Phi) is 8.05. The van der Waals surface area contributed by atoms with E-state index in [1.165, 1.54) is 5.69 Å². The Bertz CT molecular complexity index is 374. The highest BCUT2D eigenvalue weighted by molar-refractivity contribution is 9.10. The number of hydrogen-bond acceptors (Lipinski definition) is 4. The molecule has 0 unspecified atom stereocenters. The molecule has 0 spiro atoms. The molecule has 0 aliphatic heterocycles. The first-order chi connectivity index (χ1) is 9.21. The smallest absolute Gasteiger partial charge is 0.0637 e. The molecule has 0 saturated heterocycles. The van der Waals surface area contributed by atoms with Gasteiger partial charge in [-0.3, -0.25) is 0 Å². The molecule has 19 heavy (non-hydrogen) atoms. The monoisotopic (exact) mass is 330 g/mol. The fourth-order valence-corrected chi connectivity index (χ4v) is 2.43. The van der Waals surface area contributed by atoms with E-state index in [1.807, 2.05) is 6.07 Å². The van der Waals surface area contributed by atoms with Crippen LogP contribution in [0, 0.1) is 0 Å². The van der Waals surface area contributed by atoms with Crippen LogP contribution < -0.4 is 10.6 Å². The van der Waals surface area contributed by atoms with E-state index in [9.17, 15) is 0 Å². The van der Waals surface area contributed by atoms with Gasteiger partial charge in [0.1, 0.15) is 0 Å². The van der Waals surface area contributed by atoms with Crippen molar-refractivity contribution in [2.45, 2.75) is 13.0 Å². The SMILES string of the molecule is COCCCN(CCOC)c1cc(Br)cc(CN)c1. The summed E-state index contributed by atoms with van der Waals surface area (Å²) >= 11 is 3.53.